The Bertz CT molecular complexity index is 1430. The Morgan fingerprint density at radius 2 is 1.69 bits per heavy atom. The summed E-state index contributed by atoms with van der Waals surface area (Å²) in [4.78, 5) is 16.7. The number of amides is 1. The summed E-state index contributed by atoms with van der Waals surface area (Å²) < 4.78 is 31.4. The summed E-state index contributed by atoms with van der Waals surface area (Å²) in [6.07, 6.45) is 1.56. The van der Waals surface area contributed by atoms with Gasteiger partial charge in [0.2, 0.25) is 0 Å². The van der Waals surface area contributed by atoms with Crippen molar-refractivity contribution < 1.29 is 23.4 Å². The van der Waals surface area contributed by atoms with Gasteiger partial charge in [-0.3, -0.25) is 15.1 Å². The van der Waals surface area contributed by atoms with Gasteiger partial charge in [0.15, 0.2) is 28.2 Å². The Labute approximate surface area is 206 Å². The van der Waals surface area contributed by atoms with Crippen molar-refractivity contribution in [1.82, 2.24) is 10.3 Å². The number of benzene rings is 3. The van der Waals surface area contributed by atoms with Gasteiger partial charge in [0.1, 0.15) is 5.75 Å². The number of aryl methyl sites for hydroxylation is 1. The SMILES string of the molecule is COc1cc2nccc(Oc3ccc(NC(=S)NC(=O)c4ccccc4C)cc3F)c2cc1OC. The third-order valence-electron chi connectivity index (χ3n) is 5.23. The molecule has 0 aliphatic carbocycles. The molecule has 4 aromatic rings. The van der Waals surface area contributed by atoms with Crippen LogP contribution in [0.5, 0.6) is 23.0 Å². The lowest BCUT2D eigenvalue weighted by atomic mass is 10.1. The summed E-state index contributed by atoms with van der Waals surface area (Å²) in [5.41, 5.74) is 2.29. The van der Waals surface area contributed by atoms with E-state index in [2.05, 4.69) is 15.6 Å². The normalized spacial score (nSPS) is 10.5. The van der Waals surface area contributed by atoms with Gasteiger partial charge in [-0.25, -0.2) is 4.39 Å². The second kappa shape index (κ2) is 10.4. The molecule has 178 valence electrons. The van der Waals surface area contributed by atoms with E-state index in [1.165, 1.54) is 26.4 Å². The van der Waals surface area contributed by atoms with Gasteiger partial charge < -0.3 is 19.5 Å². The quantitative estimate of drug-likeness (QED) is 0.339. The van der Waals surface area contributed by atoms with Gasteiger partial charge in [0, 0.05) is 35.0 Å². The fraction of sp³-hybridized carbons (Fsp3) is 0.115. The molecule has 2 N–H and O–H groups in total. The first kappa shape index (κ1) is 23.9. The van der Waals surface area contributed by atoms with Gasteiger partial charge in [-0.05, 0) is 55.0 Å². The Balaban J connectivity index is 1.50. The maximum atomic E-state index is 14.9. The zero-order valence-corrected chi connectivity index (χ0v) is 20.0. The number of nitrogens with one attached hydrogen (secondary N) is 2. The molecule has 0 saturated heterocycles. The van der Waals surface area contributed by atoms with Gasteiger partial charge in [-0.15, -0.1) is 0 Å². The number of ether oxygens (including phenoxy) is 3. The molecule has 7 nitrogen and oxygen atoms in total. The van der Waals surface area contributed by atoms with Crippen molar-refractivity contribution in [1.29, 1.82) is 0 Å². The first-order valence-electron chi connectivity index (χ1n) is 10.6. The average molecular weight is 492 g/mol. The molecule has 0 atom stereocenters. The number of nitrogens with zero attached hydrogens (tertiary/aromatic N) is 1. The van der Waals surface area contributed by atoms with E-state index in [0.717, 1.165) is 5.56 Å². The Morgan fingerprint density at radius 1 is 0.943 bits per heavy atom. The summed E-state index contributed by atoms with van der Waals surface area (Å²) in [5.74, 6) is 0.464. The molecular weight excluding hydrogens is 469 g/mol. The van der Waals surface area contributed by atoms with Gasteiger partial charge in [0.25, 0.3) is 5.91 Å². The highest BCUT2D eigenvalue weighted by molar-refractivity contribution is 7.80. The summed E-state index contributed by atoms with van der Waals surface area (Å²) in [6, 6.07) is 16.5. The van der Waals surface area contributed by atoms with Crippen LogP contribution in [0.15, 0.2) is 66.9 Å². The Kier molecular flexibility index (Phi) is 7.07. The van der Waals surface area contributed by atoms with E-state index in [1.807, 2.05) is 19.1 Å². The van der Waals surface area contributed by atoms with E-state index < -0.39 is 5.82 Å². The van der Waals surface area contributed by atoms with Crippen LogP contribution in [0.25, 0.3) is 10.9 Å². The lowest BCUT2D eigenvalue weighted by Crippen LogP contribution is -2.34. The van der Waals surface area contributed by atoms with Crippen molar-refractivity contribution in [2.75, 3.05) is 19.5 Å². The molecule has 1 heterocycles. The molecule has 0 radical (unpaired) electrons. The molecule has 0 spiro atoms. The average Bonchev–Trinajstić information content (AvgIpc) is 2.85. The molecule has 0 bridgehead atoms. The minimum absolute atomic E-state index is 0.00713. The second-order valence-electron chi connectivity index (χ2n) is 7.50. The number of fused-ring (bicyclic) bond motifs is 1. The lowest BCUT2D eigenvalue weighted by molar-refractivity contribution is 0.0977. The summed E-state index contributed by atoms with van der Waals surface area (Å²) in [5, 5.41) is 6.09. The highest BCUT2D eigenvalue weighted by Crippen LogP contribution is 2.37. The first-order valence-corrected chi connectivity index (χ1v) is 11.0. The third kappa shape index (κ3) is 5.30. The molecular formula is C26H22FN3O4S. The maximum absolute atomic E-state index is 14.9. The number of hydrogen-bond acceptors (Lipinski definition) is 6. The van der Waals surface area contributed by atoms with Crippen molar-refractivity contribution in [2.45, 2.75) is 6.92 Å². The summed E-state index contributed by atoms with van der Waals surface area (Å²) in [7, 11) is 3.06. The summed E-state index contributed by atoms with van der Waals surface area (Å²) >= 11 is 5.21. The van der Waals surface area contributed by atoms with E-state index in [-0.39, 0.29) is 16.8 Å². The van der Waals surface area contributed by atoms with Crippen LogP contribution in [0.2, 0.25) is 0 Å². The van der Waals surface area contributed by atoms with Gasteiger partial charge in [-0.2, -0.15) is 0 Å². The molecule has 35 heavy (non-hydrogen) atoms. The minimum Gasteiger partial charge on any atom is -0.493 e. The predicted octanol–water partition coefficient (Wildman–Crippen LogP) is 5.62. The molecule has 0 unspecified atom stereocenters. The van der Waals surface area contributed by atoms with Gasteiger partial charge in [0.05, 0.1) is 19.7 Å². The highest BCUT2D eigenvalue weighted by Gasteiger charge is 2.14. The number of methoxy groups -OCH3 is 2. The molecule has 9 heteroatoms. The van der Waals surface area contributed by atoms with Crippen LogP contribution in [0.4, 0.5) is 10.1 Å². The number of hydrogen-bond donors (Lipinski definition) is 2. The molecule has 0 aliphatic rings. The number of anilines is 1. The third-order valence-corrected chi connectivity index (χ3v) is 5.44. The molecule has 0 fully saturated rings. The van der Waals surface area contributed by atoms with Crippen molar-refractivity contribution >= 4 is 39.8 Å². The molecule has 0 aliphatic heterocycles. The number of carbonyl (C=O) groups is 1. The topological polar surface area (TPSA) is 81.7 Å². The van der Waals surface area contributed by atoms with E-state index in [0.29, 0.717) is 39.4 Å². The fourth-order valence-electron chi connectivity index (χ4n) is 3.48. The maximum Gasteiger partial charge on any atom is 0.257 e. The van der Waals surface area contributed by atoms with Crippen LogP contribution >= 0.6 is 12.2 Å². The van der Waals surface area contributed by atoms with Crippen LogP contribution in [-0.4, -0.2) is 30.2 Å². The van der Waals surface area contributed by atoms with Crippen molar-refractivity contribution in [3.05, 3.63) is 83.8 Å². The fourth-order valence-corrected chi connectivity index (χ4v) is 3.69. The molecule has 3 aromatic carbocycles. The number of halogens is 1. The van der Waals surface area contributed by atoms with Crippen LogP contribution in [-0.2, 0) is 0 Å². The minimum atomic E-state index is -0.617. The number of aromatic nitrogens is 1. The standard InChI is InChI=1S/C26H22FN3O4S/c1-15-6-4-5-7-17(15)25(31)30-26(35)29-16-8-9-22(19(27)12-16)34-21-10-11-28-20-14-24(33-3)23(32-2)13-18(20)21/h4-14H,1-3H3,(H2,29,30,31,35). The second-order valence-corrected chi connectivity index (χ2v) is 7.91. The van der Waals surface area contributed by atoms with E-state index in [1.54, 1.807) is 42.6 Å². The largest absolute Gasteiger partial charge is 0.493 e. The van der Waals surface area contributed by atoms with Crippen molar-refractivity contribution in [3.63, 3.8) is 0 Å². The number of rotatable bonds is 6. The van der Waals surface area contributed by atoms with E-state index in [9.17, 15) is 9.18 Å². The van der Waals surface area contributed by atoms with Gasteiger partial charge in [-0.1, -0.05) is 18.2 Å². The monoisotopic (exact) mass is 491 g/mol. The smallest absolute Gasteiger partial charge is 0.257 e. The van der Waals surface area contributed by atoms with Crippen LogP contribution < -0.4 is 24.8 Å². The van der Waals surface area contributed by atoms with E-state index in [4.69, 9.17) is 26.4 Å². The molecule has 0 saturated carbocycles. The molecule has 1 amide bonds. The molecule has 1 aromatic heterocycles. The Morgan fingerprint density at radius 3 is 2.40 bits per heavy atom. The Hall–Kier alpha value is -4.24. The van der Waals surface area contributed by atoms with Gasteiger partial charge >= 0.3 is 0 Å². The number of carbonyl (C=O) groups excluding carboxylic acids is 1. The van der Waals surface area contributed by atoms with Crippen molar-refractivity contribution in [2.24, 2.45) is 0 Å². The van der Waals surface area contributed by atoms with Crippen LogP contribution in [0.3, 0.4) is 0 Å². The summed E-state index contributed by atoms with van der Waals surface area (Å²) in [6.45, 7) is 1.83. The van der Waals surface area contributed by atoms with Crippen LogP contribution in [0, 0.1) is 12.7 Å². The highest BCUT2D eigenvalue weighted by atomic mass is 32.1. The lowest BCUT2D eigenvalue weighted by Gasteiger charge is -2.14. The number of pyridine rings is 1. The first-order chi connectivity index (χ1) is 16.9. The van der Waals surface area contributed by atoms with E-state index >= 15 is 0 Å². The van der Waals surface area contributed by atoms with Crippen LogP contribution in [0.1, 0.15) is 15.9 Å². The van der Waals surface area contributed by atoms with Crippen molar-refractivity contribution in [3.8, 4) is 23.0 Å². The molecule has 4 rings (SSSR count). The zero-order valence-electron chi connectivity index (χ0n) is 19.2. The predicted molar refractivity (Wildman–Crippen MR) is 136 cm³/mol. The number of thiocarbonyl (C=S) groups is 1. The zero-order chi connectivity index (χ0) is 24.9.